The van der Waals surface area contributed by atoms with Gasteiger partial charge in [-0.15, -0.1) is 11.3 Å². The Kier molecular flexibility index (Phi) is 4.66. The molecule has 2 heterocycles. The van der Waals surface area contributed by atoms with Gasteiger partial charge in [0.1, 0.15) is 16.6 Å². The van der Waals surface area contributed by atoms with Gasteiger partial charge in [0.2, 0.25) is 11.8 Å². The molecule has 5 nitrogen and oxygen atoms in total. The maximum Gasteiger partial charge on any atom is 0.246 e. The van der Waals surface area contributed by atoms with Gasteiger partial charge in [-0.1, -0.05) is 27.2 Å². The van der Waals surface area contributed by atoms with Crippen LogP contribution in [0.15, 0.2) is 11.6 Å². The van der Waals surface area contributed by atoms with E-state index in [4.69, 9.17) is 0 Å². The van der Waals surface area contributed by atoms with Crippen molar-refractivity contribution in [1.82, 2.24) is 15.2 Å². The van der Waals surface area contributed by atoms with Crippen LogP contribution in [0.5, 0.6) is 0 Å². The Morgan fingerprint density at radius 1 is 1.48 bits per heavy atom. The van der Waals surface area contributed by atoms with E-state index in [2.05, 4.69) is 10.3 Å². The first-order valence-electron chi connectivity index (χ1n) is 7.44. The Labute approximate surface area is 129 Å². The van der Waals surface area contributed by atoms with Crippen LogP contribution < -0.4 is 5.32 Å². The molecule has 1 N–H and O–H groups in total. The zero-order valence-corrected chi connectivity index (χ0v) is 13.9. The molecule has 0 aliphatic carbocycles. The number of piperazine rings is 1. The predicted molar refractivity (Wildman–Crippen MR) is 82.7 cm³/mol. The average molecular weight is 309 g/mol. The monoisotopic (exact) mass is 309 g/mol. The fraction of sp³-hybridized carbons (Fsp3) is 0.667. The lowest BCUT2D eigenvalue weighted by atomic mass is 9.86. The number of hydrogen-bond donors (Lipinski definition) is 1. The van der Waals surface area contributed by atoms with Gasteiger partial charge in [-0.25, -0.2) is 4.98 Å². The predicted octanol–water partition coefficient (Wildman–Crippen LogP) is 2.18. The molecule has 1 fully saturated rings. The van der Waals surface area contributed by atoms with Crippen LogP contribution >= 0.6 is 11.3 Å². The van der Waals surface area contributed by atoms with E-state index in [1.165, 1.54) is 11.3 Å². The second-order valence-electron chi connectivity index (χ2n) is 5.81. The summed E-state index contributed by atoms with van der Waals surface area (Å²) < 4.78 is 0. The molecule has 1 saturated heterocycles. The van der Waals surface area contributed by atoms with Crippen molar-refractivity contribution >= 4 is 23.2 Å². The van der Waals surface area contributed by atoms with E-state index in [1.807, 2.05) is 33.1 Å². The van der Waals surface area contributed by atoms with Crippen molar-refractivity contribution < 1.29 is 9.59 Å². The minimum atomic E-state index is -0.799. The third-order valence-electron chi connectivity index (χ3n) is 4.58. The van der Waals surface area contributed by atoms with E-state index in [9.17, 15) is 9.59 Å². The van der Waals surface area contributed by atoms with Gasteiger partial charge in [0.25, 0.3) is 0 Å². The number of rotatable bonds is 5. The first kappa shape index (κ1) is 15.9. The zero-order valence-electron chi connectivity index (χ0n) is 13.0. The zero-order chi connectivity index (χ0) is 15.6. The summed E-state index contributed by atoms with van der Waals surface area (Å²) in [5, 5.41) is 5.67. The second kappa shape index (κ2) is 6.13. The van der Waals surface area contributed by atoms with Gasteiger partial charge in [-0.2, -0.15) is 0 Å². The number of nitrogens with one attached hydrogen (secondary N) is 1. The Morgan fingerprint density at radius 3 is 2.71 bits per heavy atom. The van der Waals surface area contributed by atoms with Crippen LogP contribution in [0.3, 0.4) is 0 Å². The van der Waals surface area contributed by atoms with Crippen molar-refractivity contribution in [3.8, 4) is 0 Å². The molecule has 0 aromatic carbocycles. The van der Waals surface area contributed by atoms with Crippen LogP contribution in [0.1, 0.15) is 45.5 Å². The van der Waals surface area contributed by atoms with Crippen LogP contribution in [0, 0.1) is 5.92 Å². The molecule has 1 aliphatic heterocycles. The minimum Gasteiger partial charge on any atom is -0.342 e. The normalized spacial score (nSPS) is 27.6. The smallest absolute Gasteiger partial charge is 0.246 e. The molecule has 1 aromatic rings. The van der Waals surface area contributed by atoms with E-state index in [-0.39, 0.29) is 17.7 Å². The van der Waals surface area contributed by atoms with Crippen molar-refractivity contribution in [2.24, 2.45) is 5.92 Å². The maximum absolute atomic E-state index is 12.9. The molecule has 21 heavy (non-hydrogen) atoms. The summed E-state index contributed by atoms with van der Waals surface area (Å²) in [6, 6.07) is -0.429. The van der Waals surface area contributed by atoms with Gasteiger partial charge in [0.05, 0.1) is 6.54 Å². The fourth-order valence-corrected chi connectivity index (χ4v) is 3.19. The molecule has 2 amide bonds. The van der Waals surface area contributed by atoms with Crippen molar-refractivity contribution in [1.29, 1.82) is 0 Å². The second-order valence-corrected chi connectivity index (χ2v) is 6.79. The van der Waals surface area contributed by atoms with E-state index < -0.39 is 11.6 Å². The van der Waals surface area contributed by atoms with Crippen LogP contribution in [0.4, 0.5) is 0 Å². The van der Waals surface area contributed by atoms with Crippen molar-refractivity contribution in [3.05, 3.63) is 16.6 Å². The number of hydrogen-bond acceptors (Lipinski definition) is 4. The molecular formula is C15H23N3O2S. The molecule has 2 rings (SSSR count). The minimum absolute atomic E-state index is 0.00324. The third-order valence-corrected chi connectivity index (χ3v) is 5.35. The molecule has 116 valence electrons. The highest BCUT2D eigenvalue weighted by Crippen LogP contribution is 2.29. The Bertz CT molecular complexity index is 517. The number of thiazole rings is 1. The fourth-order valence-electron chi connectivity index (χ4n) is 2.58. The number of amides is 2. The van der Waals surface area contributed by atoms with Crippen LogP contribution in [0.2, 0.25) is 0 Å². The highest BCUT2D eigenvalue weighted by molar-refractivity contribution is 7.09. The summed E-state index contributed by atoms with van der Waals surface area (Å²) in [4.78, 5) is 31.4. The SMILES string of the molecule is CCC(C)C1NC(=O)C(C)(CC)N(Cc2nccs2)C1=O. The summed E-state index contributed by atoms with van der Waals surface area (Å²) >= 11 is 1.51. The molecule has 3 unspecified atom stereocenters. The molecule has 0 spiro atoms. The quantitative estimate of drug-likeness (QED) is 0.907. The number of aromatic nitrogens is 1. The van der Waals surface area contributed by atoms with E-state index >= 15 is 0 Å². The highest BCUT2D eigenvalue weighted by atomic mass is 32.1. The Hall–Kier alpha value is -1.43. The first-order chi connectivity index (χ1) is 9.93. The summed E-state index contributed by atoms with van der Waals surface area (Å²) in [6.45, 7) is 8.20. The summed E-state index contributed by atoms with van der Waals surface area (Å²) in [5.74, 6) is 0.0663. The van der Waals surface area contributed by atoms with Crippen molar-refractivity contribution in [3.63, 3.8) is 0 Å². The number of carbonyl (C=O) groups is 2. The lowest BCUT2D eigenvalue weighted by Gasteiger charge is -2.46. The van der Waals surface area contributed by atoms with E-state index in [0.717, 1.165) is 11.4 Å². The van der Waals surface area contributed by atoms with Crippen LogP contribution in [-0.4, -0.2) is 33.3 Å². The van der Waals surface area contributed by atoms with Gasteiger partial charge < -0.3 is 10.2 Å². The number of carbonyl (C=O) groups excluding carboxylic acids is 2. The lowest BCUT2D eigenvalue weighted by molar-refractivity contribution is -0.159. The summed E-state index contributed by atoms with van der Waals surface area (Å²) in [6.07, 6.45) is 3.16. The molecule has 0 saturated carbocycles. The molecule has 1 aliphatic rings. The maximum atomic E-state index is 12.9. The third kappa shape index (κ3) is 2.81. The van der Waals surface area contributed by atoms with E-state index in [1.54, 1.807) is 11.1 Å². The first-order valence-corrected chi connectivity index (χ1v) is 8.32. The van der Waals surface area contributed by atoms with Crippen molar-refractivity contribution in [2.45, 2.75) is 58.7 Å². The van der Waals surface area contributed by atoms with Gasteiger partial charge in [-0.05, 0) is 19.3 Å². The lowest BCUT2D eigenvalue weighted by Crippen LogP contribution is -2.70. The molecule has 3 atom stereocenters. The topological polar surface area (TPSA) is 62.3 Å². The summed E-state index contributed by atoms with van der Waals surface area (Å²) in [7, 11) is 0. The van der Waals surface area contributed by atoms with Gasteiger partial charge in [0, 0.05) is 11.6 Å². The Morgan fingerprint density at radius 2 is 2.19 bits per heavy atom. The average Bonchev–Trinajstić information content (AvgIpc) is 2.99. The summed E-state index contributed by atoms with van der Waals surface area (Å²) in [5.41, 5.74) is -0.799. The Balaban J connectivity index is 2.33. The van der Waals surface area contributed by atoms with Crippen molar-refractivity contribution in [2.75, 3.05) is 0 Å². The molecule has 6 heteroatoms. The molecular weight excluding hydrogens is 286 g/mol. The molecule has 0 bridgehead atoms. The van der Waals surface area contributed by atoms with Gasteiger partial charge in [0.15, 0.2) is 0 Å². The van der Waals surface area contributed by atoms with Crippen LogP contribution in [0.25, 0.3) is 0 Å². The molecule has 1 aromatic heterocycles. The van der Waals surface area contributed by atoms with Gasteiger partial charge in [-0.3, -0.25) is 9.59 Å². The van der Waals surface area contributed by atoms with E-state index in [0.29, 0.717) is 13.0 Å². The molecule has 0 radical (unpaired) electrons. The highest BCUT2D eigenvalue weighted by Gasteiger charge is 2.49. The van der Waals surface area contributed by atoms with Gasteiger partial charge >= 0.3 is 0 Å². The largest absolute Gasteiger partial charge is 0.342 e. The number of nitrogens with zero attached hydrogens (tertiary/aromatic N) is 2. The standard InChI is InChI=1S/C15H23N3O2S/c1-5-10(3)12-13(19)18(9-11-16-7-8-21-11)15(4,6-2)14(20)17-12/h7-8,10,12H,5-6,9H2,1-4H3,(H,17,20). The van der Waals surface area contributed by atoms with Crippen LogP contribution in [-0.2, 0) is 16.1 Å².